The maximum Gasteiger partial charge on any atom is 0.307 e. The molecule has 1 aromatic carbocycles. The van der Waals surface area contributed by atoms with E-state index in [2.05, 4.69) is 0 Å². The number of carbonyl (C=O) groups is 1. The largest absolute Gasteiger partial charge is 0.481 e. The van der Waals surface area contributed by atoms with E-state index in [-0.39, 0.29) is 17.3 Å². The third-order valence-corrected chi connectivity index (χ3v) is 3.73. The first-order valence-electron chi connectivity index (χ1n) is 5.88. The Kier molecular flexibility index (Phi) is 3.20. The lowest BCUT2D eigenvalue weighted by Crippen LogP contribution is -2.04. The Balaban J connectivity index is 1.79. The maximum atomic E-state index is 11.0. The first kappa shape index (κ1) is 12.1. The summed E-state index contributed by atoms with van der Waals surface area (Å²) in [5.74, 6) is -0.815. The van der Waals surface area contributed by atoms with Crippen LogP contribution in [0.3, 0.4) is 0 Å². The summed E-state index contributed by atoms with van der Waals surface area (Å²) in [6.07, 6.45) is 0. The third kappa shape index (κ3) is 2.50. The summed E-state index contributed by atoms with van der Waals surface area (Å²) in [5.41, 5.74) is 1.00. The molecule has 3 heteroatoms. The predicted molar refractivity (Wildman–Crippen MR) is 64.5 cm³/mol. The van der Waals surface area contributed by atoms with E-state index in [1.807, 2.05) is 44.2 Å². The normalized spacial score (nSPS) is 25.5. The lowest BCUT2D eigenvalue weighted by Gasteiger charge is -2.05. The predicted octanol–water partition coefficient (Wildman–Crippen LogP) is 2.56. The first-order valence-corrected chi connectivity index (χ1v) is 5.88. The van der Waals surface area contributed by atoms with Gasteiger partial charge in [-0.3, -0.25) is 4.79 Å². The van der Waals surface area contributed by atoms with Crippen molar-refractivity contribution < 1.29 is 14.6 Å². The summed E-state index contributed by atoms with van der Waals surface area (Å²) < 4.78 is 5.60. The molecule has 0 radical (unpaired) electrons. The molecule has 0 aromatic heterocycles. The van der Waals surface area contributed by atoms with E-state index in [0.29, 0.717) is 13.2 Å². The monoisotopic (exact) mass is 234 g/mol. The van der Waals surface area contributed by atoms with Gasteiger partial charge in [-0.15, -0.1) is 0 Å². The standard InChI is InChI=1S/C14H18O3/c1-14(2)11(12(14)13(15)16)9-17-8-10-6-4-3-5-7-10/h3-7,11-12H,8-9H2,1-2H3,(H,15,16)/t11-,12+/m1/s1. The van der Waals surface area contributed by atoms with Crippen molar-refractivity contribution in [2.45, 2.75) is 20.5 Å². The van der Waals surface area contributed by atoms with E-state index in [9.17, 15) is 4.79 Å². The number of carboxylic acids is 1. The summed E-state index contributed by atoms with van der Waals surface area (Å²) in [6, 6.07) is 9.92. The number of aliphatic carboxylic acids is 1. The summed E-state index contributed by atoms with van der Waals surface area (Å²) in [4.78, 5) is 11.0. The molecule has 2 atom stereocenters. The van der Waals surface area contributed by atoms with Gasteiger partial charge in [0.05, 0.1) is 19.1 Å². The van der Waals surface area contributed by atoms with Gasteiger partial charge in [0.1, 0.15) is 0 Å². The molecule has 1 fully saturated rings. The Morgan fingerprint density at radius 2 is 2.00 bits per heavy atom. The molecular weight excluding hydrogens is 216 g/mol. The molecule has 17 heavy (non-hydrogen) atoms. The van der Waals surface area contributed by atoms with E-state index < -0.39 is 5.97 Å². The molecule has 0 bridgehead atoms. The molecule has 1 saturated carbocycles. The Morgan fingerprint density at radius 3 is 2.53 bits per heavy atom. The summed E-state index contributed by atoms with van der Waals surface area (Å²) >= 11 is 0. The molecule has 1 aliphatic rings. The van der Waals surface area contributed by atoms with Crippen LogP contribution >= 0.6 is 0 Å². The van der Waals surface area contributed by atoms with Crippen LogP contribution < -0.4 is 0 Å². The van der Waals surface area contributed by atoms with Crippen molar-refractivity contribution in [1.29, 1.82) is 0 Å². The first-order chi connectivity index (χ1) is 8.03. The number of carboxylic acid groups (broad SMARTS) is 1. The average Bonchev–Trinajstić information content (AvgIpc) is 2.82. The van der Waals surface area contributed by atoms with Crippen LogP contribution in [-0.4, -0.2) is 17.7 Å². The highest BCUT2D eigenvalue weighted by Crippen LogP contribution is 2.58. The quantitative estimate of drug-likeness (QED) is 0.851. The van der Waals surface area contributed by atoms with Crippen molar-refractivity contribution in [2.75, 3.05) is 6.61 Å². The highest BCUT2D eigenvalue weighted by Gasteiger charge is 2.61. The number of hydrogen-bond acceptors (Lipinski definition) is 2. The minimum absolute atomic E-state index is 0.122. The van der Waals surface area contributed by atoms with E-state index in [1.54, 1.807) is 0 Å². The molecule has 0 unspecified atom stereocenters. The number of ether oxygens (including phenoxy) is 1. The van der Waals surface area contributed by atoms with Gasteiger partial charge >= 0.3 is 5.97 Å². The molecule has 3 nitrogen and oxygen atoms in total. The van der Waals surface area contributed by atoms with Gasteiger partial charge in [0.2, 0.25) is 0 Å². The Morgan fingerprint density at radius 1 is 1.35 bits per heavy atom. The van der Waals surface area contributed by atoms with Crippen molar-refractivity contribution in [3.05, 3.63) is 35.9 Å². The fourth-order valence-corrected chi connectivity index (χ4v) is 2.42. The smallest absolute Gasteiger partial charge is 0.307 e. The van der Waals surface area contributed by atoms with Crippen molar-refractivity contribution in [2.24, 2.45) is 17.3 Å². The summed E-state index contributed by atoms with van der Waals surface area (Å²) in [7, 11) is 0. The highest BCUT2D eigenvalue weighted by atomic mass is 16.5. The second kappa shape index (κ2) is 4.49. The van der Waals surface area contributed by atoms with Gasteiger partial charge in [-0.1, -0.05) is 44.2 Å². The van der Waals surface area contributed by atoms with E-state index >= 15 is 0 Å². The van der Waals surface area contributed by atoms with E-state index in [4.69, 9.17) is 9.84 Å². The molecule has 0 amide bonds. The van der Waals surface area contributed by atoms with E-state index in [0.717, 1.165) is 5.56 Å². The van der Waals surface area contributed by atoms with Crippen LogP contribution in [0.15, 0.2) is 30.3 Å². The zero-order chi connectivity index (χ0) is 12.5. The van der Waals surface area contributed by atoms with Gasteiger partial charge in [0, 0.05) is 5.92 Å². The summed E-state index contributed by atoms with van der Waals surface area (Å²) in [5, 5.41) is 9.02. The molecule has 1 aliphatic carbocycles. The van der Waals surface area contributed by atoms with Crippen LogP contribution in [0.2, 0.25) is 0 Å². The van der Waals surface area contributed by atoms with Crippen molar-refractivity contribution >= 4 is 5.97 Å². The fraction of sp³-hybridized carbons (Fsp3) is 0.500. The molecule has 1 aromatic rings. The molecular formula is C14H18O3. The topological polar surface area (TPSA) is 46.5 Å². The van der Waals surface area contributed by atoms with Gasteiger partial charge < -0.3 is 9.84 Å². The lowest BCUT2D eigenvalue weighted by molar-refractivity contribution is -0.139. The molecule has 0 spiro atoms. The van der Waals surface area contributed by atoms with Crippen LogP contribution in [0.5, 0.6) is 0 Å². The summed E-state index contributed by atoms with van der Waals surface area (Å²) in [6.45, 7) is 5.06. The third-order valence-electron chi connectivity index (χ3n) is 3.73. The Bertz CT molecular complexity index is 397. The second-order valence-corrected chi connectivity index (χ2v) is 5.24. The number of benzene rings is 1. The zero-order valence-corrected chi connectivity index (χ0v) is 10.2. The number of rotatable bonds is 5. The molecule has 0 heterocycles. The van der Waals surface area contributed by atoms with Crippen LogP contribution in [0, 0.1) is 17.3 Å². The van der Waals surface area contributed by atoms with Crippen molar-refractivity contribution in [3.8, 4) is 0 Å². The minimum Gasteiger partial charge on any atom is -0.481 e. The SMILES string of the molecule is CC1(C)[C@H](COCc2ccccc2)[C@H]1C(=O)O. The second-order valence-electron chi connectivity index (χ2n) is 5.24. The molecule has 0 saturated heterocycles. The fourth-order valence-electron chi connectivity index (χ4n) is 2.42. The molecule has 2 rings (SSSR count). The number of hydrogen-bond donors (Lipinski definition) is 1. The van der Waals surface area contributed by atoms with Crippen molar-refractivity contribution in [1.82, 2.24) is 0 Å². The van der Waals surface area contributed by atoms with Crippen LogP contribution in [0.25, 0.3) is 0 Å². The molecule has 92 valence electrons. The van der Waals surface area contributed by atoms with Crippen molar-refractivity contribution in [3.63, 3.8) is 0 Å². The average molecular weight is 234 g/mol. The van der Waals surface area contributed by atoms with Gasteiger partial charge in [0.15, 0.2) is 0 Å². The van der Waals surface area contributed by atoms with Crippen LogP contribution in [-0.2, 0) is 16.1 Å². The van der Waals surface area contributed by atoms with Crippen LogP contribution in [0.4, 0.5) is 0 Å². The van der Waals surface area contributed by atoms with Gasteiger partial charge in [0.25, 0.3) is 0 Å². The van der Waals surface area contributed by atoms with Gasteiger partial charge in [-0.2, -0.15) is 0 Å². The van der Waals surface area contributed by atoms with E-state index in [1.165, 1.54) is 0 Å². The lowest BCUT2D eigenvalue weighted by atomic mass is 10.1. The van der Waals surface area contributed by atoms with Gasteiger partial charge in [-0.25, -0.2) is 0 Å². The van der Waals surface area contributed by atoms with Gasteiger partial charge in [-0.05, 0) is 11.0 Å². The maximum absolute atomic E-state index is 11.0. The minimum atomic E-state index is -0.705. The molecule has 1 N–H and O–H groups in total. The Labute approximate surface area is 101 Å². The molecule has 0 aliphatic heterocycles. The zero-order valence-electron chi connectivity index (χ0n) is 10.2. The van der Waals surface area contributed by atoms with Crippen LogP contribution in [0.1, 0.15) is 19.4 Å². The highest BCUT2D eigenvalue weighted by molar-refractivity contribution is 5.75. The Hall–Kier alpha value is -1.35.